The van der Waals surface area contributed by atoms with Gasteiger partial charge in [0.2, 0.25) is 0 Å². The highest BCUT2D eigenvalue weighted by Gasteiger charge is 2.29. The molecule has 1 aliphatic rings. The second-order valence-corrected chi connectivity index (χ2v) is 6.14. The molecule has 0 spiro atoms. The summed E-state index contributed by atoms with van der Waals surface area (Å²) in [5.41, 5.74) is 0. The van der Waals surface area contributed by atoms with Gasteiger partial charge in [-0.05, 0) is 25.5 Å². The van der Waals surface area contributed by atoms with Crippen molar-refractivity contribution in [3.8, 4) is 0 Å². The van der Waals surface area contributed by atoms with Crippen molar-refractivity contribution in [1.82, 2.24) is 5.32 Å². The van der Waals surface area contributed by atoms with Gasteiger partial charge < -0.3 is 10.1 Å². The highest BCUT2D eigenvalue weighted by molar-refractivity contribution is 8.00. The highest BCUT2D eigenvalue weighted by Crippen LogP contribution is 2.36. The molecule has 0 bridgehead atoms. The average molecular weight is 231 g/mol. The lowest BCUT2D eigenvalue weighted by Crippen LogP contribution is -2.37. The van der Waals surface area contributed by atoms with Gasteiger partial charge in [0.05, 0.1) is 13.0 Å². The van der Waals surface area contributed by atoms with Gasteiger partial charge in [-0.3, -0.25) is 4.79 Å². The van der Waals surface area contributed by atoms with Crippen molar-refractivity contribution in [2.45, 2.75) is 31.4 Å². The standard InChI is InChI=1S/C11H21NO2S/c1-9(10(13)14-3)7-12-8-11(2)5-4-6-15-11/h9,12H,4-8H2,1-3H3. The van der Waals surface area contributed by atoms with Gasteiger partial charge in [-0.15, -0.1) is 0 Å². The Morgan fingerprint density at radius 1 is 1.67 bits per heavy atom. The number of nitrogens with one attached hydrogen (secondary N) is 1. The molecule has 0 aromatic heterocycles. The molecule has 0 amide bonds. The molecule has 0 aromatic rings. The maximum Gasteiger partial charge on any atom is 0.309 e. The summed E-state index contributed by atoms with van der Waals surface area (Å²) in [6.07, 6.45) is 2.59. The van der Waals surface area contributed by atoms with Gasteiger partial charge in [-0.2, -0.15) is 11.8 Å². The molecule has 1 rings (SSSR count). The van der Waals surface area contributed by atoms with Crippen LogP contribution in [0.5, 0.6) is 0 Å². The Bertz CT molecular complexity index is 215. The maximum absolute atomic E-state index is 11.2. The van der Waals surface area contributed by atoms with E-state index in [1.807, 2.05) is 18.7 Å². The van der Waals surface area contributed by atoms with Crippen LogP contribution < -0.4 is 5.32 Å². The maximum atomic E-state index is 11.2. The molecule has 2 unspecified atom stereocenters. The van der Waals surface area contributed by atoms with Crippen LogP contribution in [0.2, 0.25) is 0 Å². The predicted molar refractivity (Wildman–Crippen MR) is 64.1 cm³/mol. The molecule has 0 aliphatic carbocycles. The van der Waals surface area contributed by atoms with Crippen molar-refractivity contribution in [1.29, 1.82) is 0 Å². The quantitative estimate of drug-likeness (QED) is 0.731. The zero-order valence-corrected chi connectivity index (χ0v) is 10.7. The van der Waals surface area contributed by atoms with Crippen molar-refractivity contribution >= 4 is 17.7 Å². The normalized spacial score (nSPS) is 27.7. The Morgan fingerprint density at radius 3 is 2.93 bits per heavy atom. The molecule has 4 heteroatoms. The first kappa shape index (κ1) is 12.8. The fourth-order valence-electron chi connectivity index (χ4n) is 1.81. The lowest BCUT2D eigenvalue weighted by Gasteiger charge is -2.23. The van der Waals surface area contributed by atoms with Gasteiger partial charge in [0, 0.05) is 17.8 Å². The summed E-state index contributed by atoms with van der Waals surface area (Å²) in [5, 5.41) is 3.36. The summed E-state index contributed by atoms with van der Waals surface area (Å²) in [7, 11) is 1.44. The van der Waals surface area contributed by atoms with E-state index in [2.05, 4.69) is 17.0 Å². The monoisotopic (exact) mass is 231 g/mol. The first-order valence-electron chi connectivity index (χ1n) is 5.50. The van der Waals surface area contributed by atoms with Crippen LogP contribution in [-0.2, 0) is 9.53 Å². The molecule has 88 valence electrons. The Balaban J connectivity index is 2.18. The number of rotatable bonds is 5. The van der Waals surface area contributed by atoms with E-state index in [1.165, 1.54) is 25.7 Å². The van der Waals surface area contributed by atoms with E-state index < -0.39 is 0 Å². The van der Waals surface area contributed by atoms with Crippen molar-refractivity contribution in [2.75, 3.05) is 26.0 Å². The number of hydrogen-bond acceptors (Lipinski definition) is 4. The molecule has 1 N–H and O–H groups in total. The summed E-state index contributed by atoms with van der Waals surface area (Å²) >= 11 is 2.03. The molecule has 0 saturated carbocycles. The van der Waals surface area contributed by atoms with E-state index in [4.69, 9.17) is 0 Å². The van der Waals surface area contributed by atoms with Crippen molar-refractivity contribution in [3.63, 3.8) is 0 Å². The third-order valence-electron chi connectivity index (χ3n) is 2.85. The SMILES string of the molecule is COC(=O)C(C)CNCC1(C)CCCS1. The fraction of sp³-hybridized carbons (Fsp3) is 0.909. The molecule has 1 heterocycles. The van der Waals surface area contributed by atoms with Gasteiger partial charge in [0.25, 0.3) is 0 Å². The van der Waals surface area contributed by atoms with Crippen LogP contribution in [0.3, 0.4) is 0 Å². The molecule has 3 nitrogen and oxygen atoms in total. The predicted octanol–water partition coefficient (Wildman–Crippen LogP) is 1.67. The number of methoxy groups -OCH3 is 1. The summed E-state index contributed by atoms with van der Waals surface area (Å²) in [6.45, 7) is 5.88. The van der Waals surface area contributed by atoms with Crippen molar-refractivity contribution < 1.29 is 9.53 Å². The second-order valence-electron chi connectivity index (χ2n) is 4.46. The van der Waals surface area contributed by atoms with Crippen LogP contribution in [0.1, 0.15) is 26.7 Å². The van der Waals surface area contributed by atoms with Crippen LogP contribution >= 0.6 is 11.8 Å². The second kappa shape index (κ2) is 5.75. The first-order chi connectivity index (χ1) is 7.07. The Labute approximate surface area is 96.3 Å². The minimum absolute atomic E-state index is 0.0509. The minimum atomic E-state index is -0.133. The molecule has 0 radical (unpaired) electrons. The highest BCUT2D eigenvalue weighted by atomic mass is 32.2. The Morgan fingerprint density at radius 2 is 2.40 bits per heavy atom. The molecular formula is C11H21NO2S. The van der Waals surface area contributed by atoms with E-state index in [9.17, 15) is 4.79 Å². The van der Waals surface area contributed by atoms with E-state index in [-0.39, 0.29) is 11.9 Å². The molecule has 1 aliphatic heterocycles. The zero-order valence-electron chi connectivity index (χ0n) is 9.84. The number of ether oxygens (including phenoxy) is 1. The number of thioether (sulfide) groups is 1. The smallest absolute Gasteiger partial charge is 0.309 e. The number of hydrogen-bond donors (Lipinski definition) is 1. The van der Waals surface area contributed by atoms with Gasteiger partial charge in [0.1, 0.15) is 0 Å². The molecule has 2 atom stereocenters. The molecule has 1 fully saturated rings. The molecule has 0 aromatic carbocycles. The number of carbonyl (C=O) groups excluding carboxylic acids is 1. The number of esters is 1. The van der Waals surface area contributed by atoms with Gasteiger partial charge in [-0.1, -0.05) is 6.92 Å². The minimum Gasteiger partial charge on any atom is -0.469 e. The topological polar surface area (TPSA) is 38.3 Å². The lowest BCUT2D eigenvalue weighted by molar-refractivity contribution is -0.144. The fourth-order valence-corrected chi connectivity index (χ4v) is 3.09. The van der Waals surface area contributed by atoms with E-state index in [0.717, 1.165) is 6.54 Å². The first-order valence-corrected chi connectivity index (χ1v) is 6.48. The molecular weight excluding hydrogens is 210 g/mol. The number of carbonyl (C=O) groups is 1. The summed E-state index contributed by atoms with van der Waals surface area (Å²) < 4.78 is 5.05. The molecule has 1 saturated heterocycles. The summed E-state index contributed by atoms with van der Waals surface area (Å²) in [5.74, 6) is 1.09. The van der Waals surface area contributed by atoms with E-state index in [0.29, 0.717) is 11.3 Å². The van der Waals surface area contributed by atoms with Crippen molar-refractivity contribution in [2.24, 2.45) is 5.92 Å². The average Bonchev–Trinajstić information content (AvgIpc) is 2.64. The third kappa shape index (κ3) is 4.03. The van der Waals surface area contributed by atoms with Crippen molar-refractivity contribution in [3.05, 3.63) is 0 Å². The summed E-state index contributed by atoms with van der Waals surface area (Å²) in [6, 6.07) is 0. The Kier molecular flexibility index (Phi) is 4.93. The van der Waals surface area contributed by atoms with E-state index >= 15 is 0 Å². The summed E-state index contributed by atoms with van der Waals surface area (Å²) in [4.78, 5) is 11.2. The zero-order chi connectivity index (χ0) is 11.3. The van der Waals surface area contributed by atoms with Crippen LogP contribution in [0.15, 0.2) is 0 Å². The lowest BCUT2D eigenvalue weighted by atomic mass is 10.1. The van der Waals surface area contributed by atoms with E-state index in [1.54, 1.807) is 0 Å². The van der Waals surface area contributed by atoms with Gasteiger partial charge >= 0.3 is 5.97 Å². The van der Waals surface area contributed by atoms with Crippen LogP contribution in [0.25, 0.3) is 0 Å². The van der Waals surface area contributed by atoms with Gasteiger partial charge in [0.15, 0.2) is 0 Å². The third-order valence-corrected chi connectivity index (χ3v) is 4.39. The van der Waals surface area contributed by atoms with Crippen LogP contribution in [0.4, 0.5) is 0 Å². The van der Waals surface area contributed by atoms with Crippen LogP contribution in [0, 0.1) is 5.92 Å². The largest absolute Gasteiger partial charge is 0.469 e. The Hall–Kier alpha value is -0.220. The molecule has 15 heavy (non-hydrogen) atoms. The van der Waals surface area contributed by atoms with Gasteiger partial charge in [-0.25, -0.2) is 0 Å². The van der Waals surface area contributed by atoms with Crippen LogP contribution in [-0.4, -0.2) is 36.7 Å².